The number of benzene rings is 2. The van der Waals surface area contributed by atoms with Gasteiger partial charge in [0.2, 0.25) is 5.91 Å². The zero-order valence-electron chi connectivity index (χ0n) is 13.1. The third-order valence-electron chi connectivity index (χ3n) is 3.35. The van der Waals surface area contributed by atoms with E-state index in [1.807, 2.05) is 30.3 Å². The highest BCUT2D eigenvalue weighted by molar-refractivity contribution is 5.99. The number of nitro groups is 1. The average Bonchev–Trinajstić information content (AvgIpc) is 2.52. The van der Waals surface area contributed by atoms with Crippen LogP contribution in [0.3, 0.4) is 0 Å². The highest BCUT2D eigenvalue weighted by Gasteiger charge is 2.29. The minimum absolute atomic E-state index is 0.0205. The monoisotopic (exact) mass is 313 g/mol. The van der Waals surface area contributed by atoms with Crippen LogP contribution in [0, 0.1) is 10.1 Å². The molecule has 6 nitrogen and oxygen atoms in total. The van der Waals surface area contributed by atoms with Crippen LogP contribution in [0.1, 0.15) is 19.4 Å². The van der Waals surface area contributed by atoms with E-state index < -0.39 is 10.5 Å². The number of hydrogen-bond acceptors (Lipinski definition) is 4. The molecule has 6 heteroatoms. The van der Waals surface area contributed by atoms with Crippen LogP contribution in [0.15, 0.2) is 54.6 Å². The van der Waals surface area contributed by atoms with Crippen molar-refractivity contribution in [1.29, 1.82) is 0 Å². The fraction of sp³-hybridized carbons (Fsp3) is 0.235. The van der Waals surface area contributed by atoms with Crippen LogP contribution >= 0.6 is 0 Å². The quantitative estimate of drug-likeness (QED) is 0.679. The van der Waals surface area contributed by atoms with Gasteiger partial charge in [-0.1, -0.05) is 30.3 Å². The van der Waals surface area contributed by atoms with E-state index in [1.54, 1.807) is 30.9 Å². The number of amides is 1. The minimum Gasteiger partial charge on any atom is -0.318 e. The first kappa shape index (κ1) is 16.6. The molecule has 0 aliphatic heterocycles. The van der Waals surface area contributed by atoms with Gasteiger partial charge in [0, 0.05) is 17.8 Å². The molecule has 0 saturated heterocycles. The molecule has 0 atom stereocenters. The molecular formula is C17H19N3O3. The van der Waals surface area contributed by atoms with Crippen molar-refractivity contribution in [2.45, 2.75) is 25.9 Å². The summed E-state index contributed by atoms with van der Waals surface area (Å²) in [6, 6.07) is 15.4. The molecule has 2 rings (SSSR count). The highest BCUT2D eigenvalue weighted by Crippen LogP contribution is 2.23. The van der Waals surface area contributed by atoms with Crippen LogP contribution in [-0.4, -0.2) is 16.4 Å². The summed E-state index contributed by atoms with van der Waals surface area (Å²) >= 11 is 0. The summed E-state index contributed by atoms with van der Waals surface area (Å²) in [7, 11) is 0. The van der Waals surface area contributed by atoms with Gasteiger partial charge < -0.3 is 10.6 Å². The van der Waals surface area contributed by atoms with Crippen molar-refractivity contribution in [3.05, 3.63) is 70.3 Å². The fourth-order valence-electron chi connectivity index (χ4n) is 2.15. The zero-order valence-corrected chi connectivity index (χ0v) is 13.1. The van der Waals surface area contributed by atoms with E-state index >= 15 is 0 Å². The fourth-order valence-corrected chi connectivity index (χ4v) is 2.15. The third kappa shape index (κ3) is 4.14. The smallest absolute Gasteiger partial charge is 0.269 e. The maximum Gasteiger partial charge on any atom is 0.269 e. The molecule has 0 spiro atoms. The number of hydrogen-bond donors (Lipinski definition) is 1. The van der Waals surface area contributed by atoms with Gasteiger partial charge in [-0.05, 0) is 31.5 Å². The Morgan fingerprint density at radius 2 is 1.70 bits per heavy atom. The molecule has 0 unspecified atom stereocenters. The van der Waals surface area contributed by atoms with Crippen molar-refractivity contribution in [2.24, 2.45) is 5.73 Å². The van der Waals surface area contributed by atoms with Gasteiger partial charge in [0.05, 0.1) is 17.0 Å². The average molecular weight is 313 g/mol. The molecule has 120 valence electrons. The summed E-state index contributed by atoms with van der Waals surface area (Å²) in [4.78, 5) is 24.5. The molecule has 0 fully saturated rings. The highest BCUT2D eigenvalue weighted by atomic mass is 16.6. The third-order valence-corrected chi connectivity index (χ3v) is 3.35. The first-order valence-electron chi connectivity index (χ1n) is 7.18. The summed E-state index contributed by atoms with van der Waals surface area (Å²) < 4.78 is 0. The first-order valence-corrected chi connectivity index (χ1v) is 7.18. The Morgan fingerprint density at radius 1 is 1.13 bits per heavy atom. The van der Waals surface area contributed by atoms with E-state index in [2.05, 4.69) is 0 Å². The standard InChI is InChI=1S/C17H19N3O3/c1-17(2,18)16(21)19(12-13-6-4-3-5-7-13)14-8-10-15(11-9-14)20(22)23/h3-11H,12,18H2,1-2H3. The number of carbonyl (C=O) groups is 1. The Hall–Kier alpha value is -2.73. The second-order valence-electron chi connectivity index (χ2n) is 5.87. The zero-order chi connectivity index (χ0) is 17.0. The number of carbonyl (C=O) groups excluding carboxylic acids is 1. The molecule has 2 N–H and O–H groups in total. The molecule has 0 radical (unpaired) electrons. The van der Waals surface area contributed by atoms with E-state index in [0.717, 1.165) is 5.56 Å². The largest absolute Gasteiger partial charge is 0.318 e. The summed E-state index contributed by atoms with van der Waals surface area (Å²) in [5.74, 6) is -0.254. The van der Waals surface area contributed by atoms with Gasteiger partial charge in [-0.3, -0.25) is 14.9 Å². The molecule has 0 aromatic heterocycles. The molecule has 0 aliphatic rings. The van der Waals surface area contributed by atoms with Crippen molar-refractivity contribution in [3.63, 3.8) is 0 Å². The van der Waals surface area contributed by atoms with Crippen LogP contribution in [0.2, 0.25) is 0 Å². The molecule has 23 heavy (non-hydrogen) atoms. The Bertz CT molecular complexity index is 691. The molecule has 2 aromatic rings. The number of nitrogens with two attached hydrogens (primary N) is 1. The van der Waals surface area contributed by atoms with E-state index in [0.29, 0.717) is 12.2 Å². The molecule has 0 heterocycles. The van der Waals surface area contributed by atoms with Crippen LogP contribution in [-0.2, 0) is 11.3 Å². The van der Waals surface area contributed by atoms with Crippen LogP contribution in [0.25, 0.3) is 0 Å². The van der Waals surface area contributed by atoms with Gasteiger partial charge >= 0.3 is 0 Å². The number of nitrogens with zero attached hydrogens (tertiary/aromatic N) is 2. The summed E-state index contributed by atoms with van der Waals surface area (Å²) in [5.41, 5.74) is 6.40. The molecule has 1 amide bonds. The van der Waals surface area contributed by atoms with E-state index in [1.165, 1.54) is 12.1 Å². The number of anilines is 1. The molecule has 0 bridgehead atoms. The predicted molar refractivity (Wildman–Crippen MR) is 89.0 cm³/mol. The Morgan fingerprint density at radius 3 is 2.17 bits per heavy atom. The van der Waals surface area contributed by atoms with Gasteiger partial charge in [0.15, 0.2) is 0 Å². The van der Waals surface area contributed by atoms with Crippen molar-refractivity contribution in [2.75, 3.05) is 4.90 Å². The lowest BCUT2D eigenvalue weighted by atomic mass is 10.0. The molecule has 0 saturated carbocycles. The lowest BCUT2D eigenvalue weighted by molar-refractivity contribution is -0.384. The number of nitro benzene ring substituents is 1. The summed E-state index contributed by atoms with van der Waals surface area (Å²) in [6.07, 6.45) is 0. The molecular weight excluding hydrogens is 294 g/mol. The maximum absolute atomic E-state index is 12.7. The SMILES string of the molecule is CC(C)(N)C(=O)N(Cc1ccccc1)c1ccc([N+](=O)[O-])cc1. The molecule has 0 aliphatic carbocycles. The van der Waals surface area contributed by atoms with Crippen LogP contribution in [0.5, 0.6) is 0 Å². The van der Waals surface area contributed by atoms with Gasteiger partial charge in [0.1, 0.15) is 0 Å². The Kier molecular flexibility index (Phi) is 4.76. The van der Waals surface area contributed by atoms with Gasteiger partial charge in [0.25, 0.3) is 5.69 Å². The lowest BCUT2D eigenvalue weighted by Gasteiger charge is -2.29. The van der Waals surface area contributed by atoms with E-state index in [-0.39, 0.29) is 11.6 Å². The summed E-state index contributed by atoms with van der Waals surface area (Å²) in [5, 5.41) is 10.8. The van der Waals surface area contributed by atoms with Gasteiger partial charge in [-0.2, -0.15) is 0 Å². The number of rotatable bonds is 5. The van der Waals surface area contributed by atoms with Crippen LogP contribution < -0.4 is 10.6 Å². The molecule has 2 aromatic carbocycles. The maximum atomic E-state index is 12.7. The van der Waals surface area contributed by atoms with Crippen molar-refractivity contribution >= 4 is 17.3 Å². The minimum atomic E-state index is -1.05. The van der Waals surface area contributed by atoms with E-state index in [9.17, 15) is 14.9 Å². The normalized spacial score (nSPS) is 11.1. The van der Waals surface area contributed by atoms with E-state index in [4.69, 9.17) is 5.73 Å². The topological polar surface area (TPSA) is 89.5 Å². The lowest BCUT2D eigenvalue weighted by Crippen LogP contribution is -2.51. The van der Waals surface area contributed by atoms with Crippen LogP contribution in [0.4, 0.5) is 11.4 Å². The second kappa shape index (κ2) is 6.58. The Labute approximate surface area is 134 Å². The predicted octanol–water partition coefficient (Wildman–Crippen LogP) is 2.87. The van der Waals surface area contributed by atoms with Crippen molar-refractivity contribution in [1.82, 2.24) is 0 Å². The van der Waals surface area contributed by atoms with Crippen molar-refractivity contribution < 1.29 is 9.72 Å². The van der Waals surface area contributed by atoms with Gasteiger partial charge in [-0.15, -0.1) is 0 Å². The summed E-state index contributed by atoms with van der Waals surface area (Å²) in [6.45, 7) is 3.62. The first-order chi connectivity index (χ1) is 10.8. The van der Waals surface area contributed by atoms with Crippen molar-refractivity contribution in [3.8, 4) is 0 Å². The second-order valence-corrected chi connectivity index (χ2v) is 5.87. The number of non-ortho nitro benzene ring substituents is 1. The Balaban J connectivity index is 2.36. The van der Waals surface area contributed by atoms with Gasteiger partial charge in [-0.25, -0.2) is 0 Å².